The van der Waals surface area contributed by atoms with E-state index in [1.165, 1.54) is 0 Å². The summed E-state index contributed by atoms with van der Waals surface area (Å²) in [7, 11) is 0. The fourth-order valence-electron chi connectivity index (χ4n) is 0.787. The highest BCUT2D eigenvalue weighted by atomic mass is 16.4. The molecular formula is C9H12O4. The lowest BCUT2D eigenvalue weighted by Gasteiger charge is -1.95. The molecule has 0 spiro atoms. The molecule has 13 heavy (non-hydrogen) atoms. The number of carbonyl (C=O) groups is 3. The molecule has 0 radical (unpaired) electrons. The Morgan fingerprint density at radius 3 is 2.38 bits per heavy atom. The van der Waals surface area contributed by atoms with E-state index in [9.17, 15) is 14.4 Å². The first-order valence-corrected chi connectivity index (χ1v) is 3.96. The molecule has 4 heteroatoms. The average Bonchev–Trinajstić information content (AvgIpc) is 2.04. The van der Waals surface area contributed by atoms with Crippen molar-refractivity contribution in [1.82, 2.24) is 0 Å². The van der Waals surface area contributed by atoms with Crippen LogP contribution in [0, 0.1) is 0 Å². The molecule has 0 fully saturated rings. The van der Waals surface area contributed by atoms with Gasteiger partial charge < -0.3 is 5.11 Å². The second-order valence-electron chi connectivity index (χ2n) is 2.62. The summed E-state index contributed by atoms with van der Waals surface area (Å²) in [5.41, 5.74) is 0. The summed E-state index contributed by atoms with van der Waals surface area (Å²) in [6.07, 6.45) is 2.74. The van der Waals surface area contributed by atoms with Crippen molar-refractivity contribution < 1.29 is 19.5 Å². The fourth-order valence-corrected chi connectivity index (χ4v) is 0.787. The van der Waals surface area contributed by atoms with E-state index in [1.807, 2.05) is 0 Å². The van der Waals surface area contributed by atoms with Gasteiger partial charge >= 0.3 is 5.97 Å². The van der Waals surface area contributed by atoms with Gasteiger partial charge in [-0.25, -0.2) is 4.79 Å². The summed E-state index contributed by atoms with van der Waals surface area (Å²) in [5.74, 6) is -2.91. The molecule has 4 nitrogen and oxygen atoms in total. The van der Waals surface area contributed by atoms with Gasteiger partial charge in [0.05, 0.1) is 6.42 Å². The van der Waals surface area contributed by atoms with Gasteiger partial charge in [0.2, 0.25) is 5.78 Å². The van der Waals surface area contributed by atoms with Crippen LogP contribution in [0.5, 0.6) is 0 Å². The Kier molecular flexibility index (Phi) is 5.43. The maximum absolute atomic E-state index is 10.9. The number of unbranched alkanes of at least 4 members (excludes halogenated alkanes) is 1. The summed E-state index contributed by atoms with van der Waals surface area (Å²) in [6.45, 7) is 3.47. The second-order valence-corrected chi connectivity index (χ2v) is 2.62. The lowest BCUT2D eigenvalue weighted by atomic mass is 10.1. The van der Waals surface area contributed by atoms with Crippen molar-refractivity contribution >= 4 is 17.5 Å². The first-order valence-electron chi connectivity index (χ1n) is 3.96. The van der Waals surface area contributed by atoms with Crippen molar-refractivity contribution in [3.05, 3.63) is 12.7 Å². The summed E-state index contributed by atoms with van der Waals surface area (Å²) >= 11 is 0. The highest BCUT2D eigenvalue weighted by Crippen LogP contribution is 2.00. The molecule has 0 heterocycles. The lowest BCUT2D eigenvalue weighted by molar-refractivity contribution is -0.150. The monoisotopic (exact) mass is 184 g/mol. The molecule has 0 rings (SSSR count). The molecule has 0 atom stereocenters. The van der Waals surface area contributed by atoms with Crippen LogP contribution in [-0.2, 0) is 14.4 Å². The van der Waals surface area contributed by atoms with E-state index in [4.69, 9.17) is 5.11 Å². The number of allylic oxidation sites excluding steroid dienone is 1. The number of carboxylic acids is 1. The van der Waals surface area contributed by atoms with E-state index in [0.29, 0.717) is 12.8 Å². The van der Waals surface area contributed by atoms with Crippen LogP contribution < -0.4 is 0 Å². The van der Waals surface area contributed by atoms with Crippen LogP contribution in [-0.4, -0.2) is 22.6 Å². The Bertz CT molecular complexity index is 230. The van der Waals surface area contributed by atoms with Crippen molar-refractivity contribution in [1.29, 1.82) is 0 Å². The topological polar surface area (TPSA) is 71.4 Å². The lowest BCUT2D eigenvalue weighted by Crippen LogP contribution is -2.16. The maximum Gasteiger partial charge on any atom is 0.372 e. The van der Waals surface area contributed by atoms with Gasteiger partial charge in [-0.2, -0.15) is 0 Å². The van der Waals surface area contributed by atoms with Crippen LogP contribution in [0.2, 0.25) is 0 Å². The van der Waals surface area contributed by atoms with E-state index in [-0.39, 0.29) is 12.2 Å². The molecule has 0 saturated carbocycles. The maximum atomic E-state index is 10.9. The van der Waals surface area contributed by atoms with Crippen LogP contribution >= 0.6 is 0 Å². The molecule has 0 aliphatic carbocycles. The fraction of sp³-hybridized carbons (Fsp3) is 0.444. The number of hydrogen-bond acceptors (Lipinski definition) is 3. The second kappa shape index (κ2) is 6.11. The minimum atomic E-state index is -1.54. The van der Waals surface area contributed by atoms with Crippen LogP contribution in [0.1, 0.15) is 25.7 Å². The summed E-state index contributed by atoms with van der Waals surface area (Å²) in [6, 6.07) is 0. The van der Waals surface area contributed by atoms with Gasteiger partial charge in [-0.3, -0.25) is 9.59 Å². The number of carboxylic acid groups (broad SMARTS) is 1. The van der Waals surface area contributed by atoms with Crippen LogP contribution in [0.3, 0.4) is 0 Å². The van der Waals surface area contributed by atoms with Crippen LogP contribution in [0.4, 0.5) is 0 Å². The number of ketones is 2. The molecule has 0 aliphatic heterocycles. The minimum absolute atomic E-state index is 0.241. The van der Waals surface area contributed by atoms with Gasteiger partial charge in [0, 0.05) is 6.42 Å². The Labute approximate surface area is 76.2 Å². The highest BCUT2D eigenvalue weighted by Gasteiger charge is 2.15. The molecule has 0 aromatic rings. The molecule has 0 amide bonds. The third-order valence-corrected chi connectivity index (χ3v) is 1.46. The van der Waals surface area contributed by atoms with Gasteiger partial charge in [-0.15, -0.1) is 6.58 Å². The number of hydrogen-bond donors (Lipinski definition) is 1. The van der Waals surface area contributed by atoms with Crippen molar-refractivity contribution in [2.75, 3.05) is 0 Å². The molecule has 1 N–H and O–H groups in total. The average molecular weight is 184 g/mol. The third-order valence-electron chi connectivity index (χ3n) is 1.46. The van der Waals surface area contributed by atoms with E-state index in [0.717, 1.165) is 0 Å². The van der Waals surface area contributed by atoms with Crippen molar-refractivity contribution in [2.24, 2.45) is 0 Å². The quantitative estimate of drug-likeness (QED) is 0.277. The molecular weight excluding hydrogens is 172 g/mol. The molecule has 0 unspecified atom stereocenters. The molecule has 0 aromatic heterocycles. The van der Waals surface area contributed by atoms with Crippen molar-refractivity contribution in [3.8, 4) is 0 Å². The standard InChI is InChI=1S/C9H12O4/c1-2-3-4-5-7(10)6-8(11)9(12)13/h2H,1,3-6H2,(H,12,13). The normalized spacial score (nSPS) is 9.23. The number of carbonyl (C=O) groups excluding carboxylic acids is 2. The smallest absolute Gasteiger partial charge is 0.372 e. The van der Waals surface area contributed by atoms with Gasteiger partial charge in [-0.05, 0) is 12.8 Å². The van der Waals surface area contributed by atoms with E-state index < -0.39 is 18.2 Å². The highest BCUT2D eigenvalue weighted by molar-refractivity contribution is 6.36. The zero-order chi connectivity index (χ0) is 10.3. The van der Waals surface area contributed by atoms with Crippen molar-refractivity contribution in [2.45, 2.75) is 25.7 Å². The zero-order valence-corrected chi connectivity index (χ0v) is 7.28. The molecule has 0 aromatic carbocycles. The summed E-state index contributed by atoms with van der Waals surface area (Å²) in [5, 5.41) is 8.18. The Morgan fingerprint density at radius 1 is 1.31 bits per heavy atom. The zero-order valence-electron chi connectivity index (χ0n) is 7.28. The van der Waals surface area contributed by atoms with Gasteiger partial charge in [-0.1, -0.05) is 6.08 Å². The Hall–Kier alpha value is -1.45. The minimum Gasteiger partial charge on any atom is -0.475 e. The van der Waals surface area contributed by atoms with E-state index >= 15 is 0 Å². The first kappa shape index (κ1) is 11.6. The largest absolute Gasteiger partial charge is 0.475 e. The number of aliphatic carboxylic acids is 1. The van der Waals surface area contributed by atoms with Gasteiger partial charge in [0.15, 0.2) is 0 Å². The third kappa shape index (κ3) is 5.78. The molecule has 0 bridgehead atoms. The van der Waals surface area contributed by atoms with Gasteiger partial charge in [0.25, 0.3) is 0 Å². The Morgan fingerprint density at radius 2 is 1.92 bits per heavy atom. The summed E-state index contributed by atoms with van der Waals surface area (Å²) < 4.78 is 0. The van der Waals surface area contributed by atoms with E-state index in [1.54, 1.807) is 6.08 Å². The Balaban J connectivity index is 3.68. The van der Waals surface area contributed by atoms with Gasteiger partial charge in [0.1, 0.15) is 5.78 Å². The van der Waals surface area contributed by atoms with Crippen LogP contribution in [0.15, 0.2) is 12.7 Å². The predicted molar refractivity (Wildman–Crippen MR) is 46.3 cm³/mol. The predicted octanol–water partition coefficient (Wildman–Crippen LogP) is 0.956. The number of rotatable bonds is 7. The molecule has 0 saturated heterocycles. The van der Waals surface area contributed by atoms with Crippen molar-refractivity contribution in [3.63, 3.8) is 0 Å². The van der Waals surface area contributed by atoms with E-state index in [2.05, 4.69) is 6.58 Å². The number of Topliss-reactive ketones (excluding diaryl/α,β-unsaturated/α-hetero) is 2. The van der Waals surface area contributed by atoms with Crippen LogP contribution in [0.25, 0.3) is 0 Å². The molecule has 0 aliphatic rings. The SMILES string of the molecule is C=CCCCC(=O)CC(=O)C(=O)O. The first-order chi connectivity index (χ1) is 6.07. The molecule has 72 valence electrons. The summed E-state index contributed by atoms with van der Waals surface area (Å²) in [4.78, 5) is 31.5.